The topological polar surface area (TPSA) is 93.7 Å². The van der Waals surface area contributed by atoms with Gasteiger partial charge in [0.25, 0.3) is 11.8 Å². The van der Waals surface area contributed by atoms with Crippen molar-refractivity contribution in [1.82, 2.24) is 10.6 Å². The van der Waals surface area contributed by atoms with E-state index in [1.165, 1.54) is 0 Å². The SMILES string of the molecule is CCOC(=O)NC(=O)COc1ccccc1C(=O)NCc1ccccc1. The molecule has 0 aliphatic heterocycles. The molecular formula is C19H20N2O5. The smallest absolute Gasteiger partial charge is 0.413 e. The van der Waals surface area contributed by atoms with Gasteiger partial charge in [0.05, 0.1) is 12.2 Å². The van der Waals surface area contributed by atoms with Gasteiger partial charge in [-0.3, -0.25) is 14.9 Å². The fraction of sp³-hybridized carbons (Fsp3) is 0.211. The van der Waals surface area contributed by atoms with Crippen molar-refractivity contribution in [2.24, 2.45) is 0 Å². The van der Waals surface area contributed by atoms with Crippen molar-refractivity contribution in [3.8, 4) is 5.75 Å². The van der Waals surface area contributed by atoms with E-state index < -0.39 is 18.6 Å². The lowest BCUT2D eigenvalue weighted by molar-refractivity contribution is -0.122. The van der Waals surface area contributed by atoms with Gasteiger partial charge < -0.3 is 14.8 Å². The van der Waals surface area contributed by atoms with E-state index in [1.54, 1.807) is 31.2 Å². The molecule has 0 saturated carbocycles. The zero-order valence-electron chi connectivity index (χ0n) is 14.4. The first-order valence-corrected chi connectivity index (χ1v) is 8.10. The van der Waals surface area contributed by atoms with Crippen LogP contribution in [0.5, 0.6) is 5.75 Å². The highest BCUT2D eigenvalue weighted by Gasteiger charge is 2.14. The maximum Gasteiger partial charge on any atom is 0.413 e. The van der Waals surface area contributed by atoms with Crippen LogP contribution in [0.4, 0.5) is 4.79 Å². The van der Waals surface area contributed by atoms with Gasteiger partial charge in [-0.25, -0.2) is 4.79 Å². The molecule has 7 nitrogen and oxygen atoms in total. The lowest BCUT2D eigenvalue weighted by Gasteiger charge is -2.11. The third kappa shape index (κ3) is 5.94. The molecule has 2 aromatic carbocycles. The number of para-hydroxylation sites is 1. The van der Waals surface area contributed by atoms with Gasteiger partial charge in [-0.1, -0.05) is 42.5 Å². The summed E-state index contributed by atoms with van der Waals surface area (Å²) in [7, 11) is 0. The quantitative estimate of drug-likeness (QED) is 0.794. The van der Waals surface area contributed by atoms with Crippen LogP contribution < -0.4 is 15.4 Å². The Hall–Kier alpha value is -3.35. The largest absolute Gasteiger partial charge is 0.483 e. The summed E-state index contributed by atoms with van der Waals surface area (Å²) in [5.41, 5.74) is 1.26. The van der Waals surface area contributed by atoms with Crippen molar-refractivity contribution >= 4 is 17.9 Å². The Bertz CT molecular complexity index is 762. The molecule has 2 rings (SSSR count). The minimum absolute atomic E-state index is 0.157. The molecule has 0 atom stereocenters. The van der Waals surface area contributed by atoms with Crippen LogP contribution in [0, 0.1) is 0 Å². The van der Waals surface area contributed by atoms with Crippen LogP contribution in [0.3, 0.4) is 0 Å². The maximum atomic E-state index is 12.4. The molecule has 0 heterocycles. The molecule has 0 saturated heterocycles. The monoisotopic (exact) mass is 356 g/mol. The van der Waals surface area contributed by atoms with Crippen molar-refractivity contribution in [2.45, 2.75) is 13.5 Å². The number of carbonyl (C=O) groups is 3. The lowest BCUT2D eigenvalue weighted by Crippen LogP contribution is -2.35. The predicted molar refractivity (Wildman–Crippen MR) is 94.7 cm³/mol. The molecule has 3 amide bonds. The number of hydrogen-bond donors (Lipinski definition) is 2. The zero-order chi connectivity index (χ0) is 18.8. The van der Waals surface area contributed by atoms with E-state index in [4.69, 9.17) is 4.74 Å². The third-order valence-corrected chi connectivity index (χ3v) is 3.30. The molecular weight excluding hydrogens is 336 g/mol. The molecule has 0 spiro atoms. The number of alkyl carbamates (subject to hydrolysis) is 1. The highest BCUT2D eigenvalue weighted by Crippen LogP contribution is 2.18. The number of amides is 3. The Labute approximate surface area is 151 Å². The van der Waals surface area contributed by atoms with Crippen LogP contribution in [-0.4, -0.2) is 31.1 Å². The van der Waals surface area contributed by atoms with Gasteiger partial charge in [0, 0.05) is 6.54 Å². The molecule has 7 heteroatoms. The summed E-state index contributed by atoms with van der Waals surface area (Å²) in [6.45, 7) is 1.74. The van der Waals surface area contributed by atoms with Gasteiger partial charge in [-0.05, 0) is 24.6 Å². The fourth-order valence-corrected chi connectivity index (χ4v) is 2.11. The Kier molecular flexibility index (Phi) is 7.17. The zero-order valence-corrected chi connectivity index (χ0v) is 14.4. The van der Waals surface area contributed by atoms with E-state index in [9.17, 15) is 14.4 Å². The van der Waals surface area contributed by atoms with E-state index in [0.717, 1.165) is 5.56 Å². The summed E-state index contributed by atoms with van der Waals surface area (Å²) in [6.07, 6.45) is -0.838. The Morgan fingerprint density at radius 3 is 2.38 bits per heavy atom. The third-order valence-electron chi connectivity index (χ3n) is 3.30. The van der Waals surface area contributed by atoms with E-state index in [1.807, 2.05) is 35.6 Å². The standard InChI is InChI=1S/C19H20N2O5/c1-2-25-19(24)21-17(22)13-26-16-11-7-6-10-15(16)18(23)20-12-14-8-4-3-5-9-14/h3-11H,2,12-13H2,1H3,(H,20,23)(H,21,22,24). The van der Waals surface area contributed by atoms with Gasteiger partial charge in [-0.15, -0.1) is 0 Å². The lowest BCUT2D eigenvalue weighted by atomic mass is 10.1. The van der Waals surface area contributed by atoms with Crippen molar-refractivity contribution in [3.05, 3.63) is 65.7 Å². The first-order chi connectivity index (χ1) is 12.6. The number of imide groups is 1. The summed E-state index contributed by atoms with van der Waals surface area (Å²) in [5.74, 6) is -0.740. The van der Waals surface area contributed by atoms with Crippen molar-refractivity contribution < 1.29 is 23.9 Å². The van der Waals surface area contributed by atoms with Crippen LogP contribution in [-0.2, 0) is 16.1 Å². The summed E-state index contributed by atoms with van der Waals surface area (Å²) in [4.78, 5) is 35.2. The number of hydrogen-bond acceptors (Lipinski definition) is 5. The molecule has 136 valence electrons. The molecule has 0 fully saturated rings. The van der Waals surface area contributed by atoms with E-state index >= 15 is 0 Å². The number of rotatable bonds is 7. The molecule has 0 aromatic heterocycles. The van der Waals surface area contributed by atoms with E-state index in [0.29, 0.717) is 12.1 Å². The summed E-state index contributed by atoms with van der Waals surface area (Å²) < 4.78 is 9.98. The fourth-order valence-electron chi connectivity index (χ4n) is 2.11. The second-order valence-electron chi connectivity index (χ2n) is 5.22. The van der Waals surface area contributed by atoms with E-state index in [-0.39, 0.29) is 18.3 Å². The highest BCUT2D eigenvalue weighted by molar-refractivity contribution is 5.97. The van der Waals surface area contributed by atoms with Gasteiger partial charge in [-0.2, -0.15) is 0 Å². The van der Waals surface area contributed by atoms with Crippen molar-refractivity contribution in [3.63, 3.8) is 0 Å². The van der Waals surface area contributed by atoms with Gasteiger partial charge >= 0.3 is 6.09 Å². The van der Waals surface area contributed by atoms with Crippen molar-refractivity contribution in [2.75, 3.05) is 13.2 Å². The Balaban J connectivity index is 1.93. The number of nitrogens with one attached hydrogen (secondary N) is 2. The summed E-state index contributed by atoms with van der Waals surface area (Å²) in [5, 5.41) is 4.82. The number of benzene rings is 2. The van der Waals surface area contributed by atoms with Crippen molar-refractivity contribution in [1.29, 1.82) is 0 Å². The average molecular weight is 356 g/mol. The normalized spacial score (nSPS) is 9.88. The minimum Gasteiger partial charge on any atom is -0.483 e. The molecule has 26 heavy (non-hydrogen) atoms. The summed E-state index contributed by atoms with van der Waals surface area (Å²) in [6, 6.07) is 16.0. The van der Waals surface area contributed by atoms with Gasteiger partial charge in [0.15, 0.2) is 6.61 Å². The first-order valence-electron chi connectivity index (χ1n) is 8.10. The number of ether oxygens (including phenoxy) is 2. The molecule has 0 radical (unpaired) electrons. The van der Waals surface area contributed by atoms with E-state index in [2.05, 4.69) is 10.1 Å². The molecule has 0 aliphatic carbocycles. The van der Waals surface area contributed by atoms with Crippen LogP contribution in [0.2, 0.25) is 0 Å². The molecule has 0 aliphatic rings. The molecule has 2 N–H and O–H groups in total. The minimum atomic E-state index is -0.838. The van der Waals surface area contributed by atoms with Crippen LogP contribution in [0.15, 0.2) is 54.6 Å². The molecule has 0 unspecified atom stereocenters. The predicted octanol–water partition coefficient (Wildman–Crippen LogP) is 2.27. The second kappa shape index (κ2) is 9.83. The average Bonchev–Trinajstić information content (AvgIpc) is 2.65. The van der Waals surface area contributed by atoms with Gasteiger partial charge in [0.1, 0.15) is 5.75 Å². The number of carbonyl (C=O) groups excluding carboxylic acids is 3. The van der Waals surface area contributed by atoms with Gasteiger partial charge in [0.2, 0.25) is 0 Å². The maximum absolute atomic E-state index is 12.4. The summed E-state index contributed by atoms with van der Waals surface area (Å²) >= 11 is 0. The first kappa shape index (κ1) is 19.0. The van der Waals surface area contributed by atoms with Crippen LogP contribution >= 0.6 is 0 Å². The Morgan fingerprint density at radius 1 is 0.962 bits per heavy atom. The van der Waals surface area contributed by atoms with Crippen LogP contribution in [0.25, 0.3) is 0 Å². The molecule has 0 bridgehead atoms. The Morgan fingerprint density at radius 2 is 1.65 bits per heavy atom. The molecule has 2 aromatic rings. The second-order valence-corrected chi connectivity index (χ2v) is 5.22. The van der Waals surface area contributed by atoms with Crippen LogP contribution in [0.1, 0.15) is 22.8 Å². The highest BCUT2D eigenvalue weighted by atomic mass is 16.5.